The Hall–Kier alpha value is -1.56. The van der Waals surface area contributed by atoms with Gasteiger partial charge in [0.2, 0.25) is 0 Å². The highest BCUT2D eigenvalue weighted by Crippen LogP contribution is 2.33. The Morgan fingerprint density at radius 1 is 1.43 bits per heavy atom. The van der Waals surface area contributed by atoms with E-state index in [9.17, 15) is 4.79 Å². The van der Waals surface area contributed by atoms with Crippen LogP contribution in [0.5, 0.6) is 0 Å². The number of hydrogen-bond acceptors (Lipinski definition) is 5. The topological polar surface area (TPSA) is 71.5 Å². The molecule has 0 saturated heterocycles. The molecule has 2 aromatic rings. The fourth-order valence-electron chi connectivity index (χ4n) is 1.96. The lowest BCUT2D eigenvalue weighted by Crippen LogP contribution is -2.13. The van der Waals surface area contributed by atoms with Gasteiger partial charge in [0.1, 0.15) is 5.56 Å². The number of carbonyl (C=O) groups excluding carboxylic acids is 1. The molecule has 0 bridgehead atoms. The molecule has 0 spiro atoms. The number of carbonyl (C=O) groups is 1. The minimum Gasteiger partial charge on any atom is -0.462 e. The van der Waals surface area contributed by atoms with Crippen molar-refractivity contribution in [1.29, 1.82) is 0 Å². The van der Waals surface area contributed by atoms with Crippen molar-refractivity contribution in [3.05, 3.63) is 33.9 Å². The molecular formula is C14H14Cl2N2O3. The average molecular weight is 329 g/mol. The first-order valence-electron chi connectivity index (χ1n) is 6.38. The van der Waals surface area contributed by atoms with Crippen molar-refractivity contribution in [3.63, 3.8) is 0 Å². The van der Waals surface area contributed by atoms with Crippen LogP contribution in [0.25, 0.3) is 10.9 Å². The number of anilines is 1. The predicted molar refractivity (Wildman–Crippen MR) is 83.3 cm³/mol. The van der Waals surface area contributed by atoms with Gasteiger partial charge >= 0.3 is 5.97 Å². The molecule has 1 aromatic carbocycles. The van der Waals surface area contributed by atoms with E-state index in [1.807, 2.05) is 0 Å². The molecule has 0 radical (unpaired) electrons. The molecule has 1 aromatic heterocycles. The highest BCUT2D eigenvalue weighted by atomic mass is 35.5. The van der Waals surface area contributed by atoms with Gasteiger partial charge < -0.3 is 15.2 Å². The van der Waals surface area contributed by atoms with Crippen molar-refractivity contribution < 1.29 is 14.6 Å². The van der Waals surface area contributed by atoms with E-state index >= 15 is 0 Å². The summed E-state index contributed by atoms with van der Waals surface area (Å²) in [6.45, 7) is 2.17. The van der Waals surface area contributed by atoms with Gasteiger partial charge in [0.05, 0.1) is 29.4 Å². The first kappa shape index (κ1) is 15.8. The summed E-state index contributed by atoms with van der Waals surface area (Å²) in [7, 11) is 0. The smallest absolute Gasteiger partial charge is 0.341 e. The van der Waals surface area contributed by atoms with Crippen molar-refractivity contribution in [2.45, 2.75) is 6.92 Å². The number of aliphatic hydroxyl groups is 1. The van der Waals surface area contributed by atoms with Crippen LogP contribution in [0.3, 0.4) is 0 Å². The number of halogens is 2. The SMILES string of the molecule is CCOC(=O)c1cnc2c(Cl)cc(Cl)cc2c1NCCO. The lowest BCUT2D eigenvalue weighted by molar-refractivity contribution is 0.0527. The summed E-state index contributed by atoms with van der Waals surface area (Å²) in [5.41, 5.74) is 1.29. The summed E-state index contributed by atoms with van der Waals surface area (Å²) in [6, 6.07) is 3.25. The first-order valence-corrected chi connectivity index (χ1v) is 7.13. The van der Waals surface area contributed by atoms with Crippen molar-refractivity contribution in [2.75, 3.05) is 25.1 Å². The van der Waals surface area contributed by atoms with Gasteiger partial charge in [0.25, 0.3) is 0 Å². The number of nitrogens with zero attached hydrogens (tertiary/aromatic N) is 1. The summed E-state index contributed by atoms with van der Waals surface area (Å²) in [5.74, 6) is -0.497. The van der Waals surface area contributed by atoms with Crippen molar-refractivity contribution >= 4 is 45.8 Å². The maximum atomic E-state index is 12.0. The largest absolute Gasteiger partial charge is 0.462 e. The minimum atomic E-state index is -0.497. The summed E-state index contributed by atoms with van der Waals surface area (Å²) >= 11 is 12.1. The Balaban J connectivity index is 2.66. The van der Waals surface area contributed by atoms with Crippen LogP contribution in [0.15, 0.2) is 18.3 Å². The van der Waals surface area contributed by atoms with Gasteiger partial charge in [-0.15, -0.1) is 0 Å². The minimum absolute atomic E-state index is 0.0830. The second-order valence-electron chi connectivity index (χ2n) is 4.20. The first-order chi connectivity index (χ1) is 10.1. The third-order valence-corrected chi connectivity index (χ3v) is 3.30. The zero-order valence-corrected chi connectivity index (χ0v) is 12.8. The number of nitrogens with one attached hydrogen (secondary N) is 1. The molecule has 5 nitrogen and oxygen atoms in total. The normalized spacial score (nSPS) is 10.7. The Morgan fingerprint density at radius 2 is 2.19 bits per heavy atom. The maximum Gasteiger partial charge on any atom is 0.341 e. The number of aliphatic hydroxyl groups excluding tert-OH is 1. The Labute approximate surface area is 131 Å². The molecule has 0 unspecified atom stereocenters. The number of esters is 1. The van der Waals surface area contributed by atoms with E-state index in [0.717, 1.165) is 0 Å². The molecule has 2 N–H and O–H groups in total. The van der Waals surface area contributed by atoms with Crippen molar-refractivity contribution in [3.8, 4) is 0 Å². The molecule has 0 fully saturated rings. The fraction of sp³-hybridized carbons (Fsp3) is 0.286. The van der Waals surface area contributed by atoms with Crippen LogP contribution in [0.4, 0.5) is 5.69 Å². The van der Waals surface area contributed by atoms with Gasteiger partial charge in [-0.2, -0.15) is 0 Å². The summed E-state index contributed by atoms with van der Waals surface area (Å²) < 4.78 is 5.01. The second kappa shape index (κ2) is 6.93. The molecule has 0 aliphatic carbocycles. The molecule has 2 rings (SSSR count). The molecular weight excluding hydrogens is 315 g/mol. The lowest BCUT2D eigenvalue weighted by atomic mass is 10.1. The summed E-state index contributed by atoms with van der Waals surface area (Å²) in [5, 5.41) is 13.4. The van der Waals surface area contributed by atoms with Gasteiger partial charge in [-0.3, -0.25) is 4.98 Å². The van der Waals surface area contributed by atoms with Crippen LogP contribution in [-0.4, -0.2) is 35.8 Å². The van der Waals surface area contributed by atoms with Crippen LogP contribution in [-0.2, 0) is 4.74 Å². The van der Waals surface area contributed by atoms with Crippen LogP contribution in [0.2, 0.25) is 10.0 Å². The van der Waals surface area contributed by atoms with Crippen LogP contribution < -0.4 is 5.32 Å². The van der Waals surface area contributed by atoms with E-state index in [2.05, 4.69) is 10.3 Å². The Morgan fingerprint density at radius 3 is 2.86 bits per heavy atom. The number of aromatic nitrogens is 1. The van der Waals surface area contributed by atoms with E-state index in [1.54, 1.807) is 19.1 Å². The Kier molecular flexibility index (Phi) is 5.22. The third-order valence-electron chi connectivity index (χ3n) is 2.80. The number of fused-ring (bicyclic) bond motifs is 1. The van der Waals surface area contributed by atoms with Gasteiger partial charge in [0, 0.05) is 23.2 Å². The molecule has 0 aliphatic rings. The molecule has 112 valence electrons. The predicted octanol–water partition coefficient (Wildman–Crippen LogP) is 3.12. The summed E-state index contributed by atoms with van der Waals surface area (Å²) in [6.07, 6.45) is 1.40. The van der Waals surface area contributed by atoms with Crippen LogP contribution in [0.1, 0.15) is 17.3 Å². The maximum absolute atomic E-state index is 12.0. The number of rotatable bonds is 5. The van der Waals surface area contributed by atoms with Gasteiger partial charge in [-0.25, -0.2) is 4.79 Å². The fourth-order valence-corrected chi connectivity index (χ4v) is 2.50. The Bertz CT molecular complexity index is 677. The molecule has 0 atom stereocenters. The van der Waals surface area contributed by atoms with Gasteiger partial charge in [-0.1, -0.05) is 23.2 Å². The number of pyridine rings is 1. The van der Waals surface area contributed by atoms with E-state index in [4.69, 9.17) is 33.0 Å². The van der Waals surface area contributed by atoms with Crippen LogP contribution >= 0.6 is 23.2 Å². The zero-order valence-electron chi connectivity index (χ0n) is 11.3. The van der Waals surface area contributed by atoms with E-state index < -0.39 is 5.97 Å². The zero-order chi connectivity index (χ0) is 15.4. The third kappa shape index (κ3) is 3.37. The number of ether oxygens (including phenoxy) is 1. The van der Waals surface area contributed by atoms with Gasteiger partial charge in [-0.05, 0) is 19.1 Å². The quantitative estimate of drug-likeness (QED) is 0.825. The molecule has 7 heteroatoms. The van der Waals surface area contributed by atoms with Crippen LogP contribution in [0, 0.1) is 0 Å². The van der Waals surface area contributed by atoms with Crippen molar-refractivity contribution in [2.24, 2.45) is 0 Å². The highest BCUT2D eigenvalue weighted by molar-refractivity contribution is 6.38. The number of hydrogen-bond donors (Lipinski definition) is 2. The molecule has 0 saturated carbocycles. The molecule has 21 heavy (non-hydrogen) atoms. The molecule has 1 heterocycles. The highest BCUT2D eigenvalue weighted by Gasteiger charge is 2.18. The molecule has 0 amide bonds. The van der Waals surface area contributed by atoms with E-state index in [-0.39, 0.29) is 25.3 Å². The van der Waals surface area contributed by atoms with E-state index in [1.165, 1.54) is 6.20 Å². The van der Waals surface area contributed by atoms with Crippen molar-refractivity contribution in [1.82, 2.24) is 4.98 Å². The second-order valence-corrected chi connectivity index (χ2v) is 5.05. The monoisotopic (exact) mass is 328 g/mol. The van der Waals surface area contributed by atoms with Gasteiger partial charge in [0.15, 0.2) is 0 Å². The average Bonchev–Trinajstić information content (AvgIpc) is 2.44. The molecule has 0 aliphatic heterocycles. The standard InChI is InChI=1S/C14H14Cl2N2O3/c1-2-21-14(20)10-7-18-13-9(12(10)17-3-4-19)5-8(15)6-11(13)16/h5-7,19H,2-4H2,1H3,(H,17,18). The van der Waals surface area contributed by atoms with E-state index in [0.29, 0.717) is 26.6 Å². The lowest BCUT2D eigenvalue weighted by Gasteiger charge is -2.14. The number of benzene rings is 1. The summed E-state index contributed by atoms with van der Waals surface area (Å²) in [4.78, 5) is 16.2.